The molecule has 0 aliphatic heterocycles. The van der Waals surface area contributed by atoms with Crippen molar-refractivity contribution < 1.29 is 4.79 Å². The maximum absolute atomic E-state index is 11.3. The zero-order chi connectivity index (χ0) is 21.6. The van der Waals surface area contributed by atoms with Crippen LogP contribution in [0, 0.1) is 5.41 Å². The summed E-state index contributed by atoms with van der Waals surface area (Å²) in [5, 5.41) is 13.3. The van der Waals surface area contributed by atoms with E-state index in [9.17, 15) is 4.79 Å². The highest BCUT2D eigenvalue weighted by Gasteiger charge is 2.16. The van der Waals surface area contributed by atoms with Crippen molar-refractivity contribution in [3.8, 4) is 0 Å². The highest BCUT2D eigenvalue weighted by Crippen LogP contribution is 2.18. The lowest BCUT2D eigenvalue weighted by molar-refractivity contribution is -0.114. The Morgan fingerprint density at radius 1 is 1.21 bits per heavy atom. The Morgan fingerprint density at radius 3 is 2.38 bits per heavy atom. The number of nitrogens with zero attached hydrogens (tertiary/aromatic N) is 2. The first-order valence-corrected chi connectivity index (χ1v) is 9.30. The second-order valence-corrected chi connectivity index (χ2v) is 6.43. The quantitative estimate of drug-likeness (QED) is 0.151. The predicted molar refractivity (Wildman–Crippen MR) is 119 cm³/mol. The molecule has 0 heterocycles. The van der Waals surface area contributed by atoms with Crippen molar-refractivity contribution >= 4 is 35.5 Å². The van der Waals surface area contributed by atoms with Crippen LogP contribution in [-0.4, -0.2) is 43.3 Å². The Kier molecular flexibility index (Phi) is 10.7. The SMILES string of the molecule is CN/C=C(/C(N)=O)C(N)=Nc1cccc(N/N=C\C=N)c1.NC1CCCCC1N. The van der Waals surface area contributed by atoms with Gasteiger partial charge in [-0.05, 0) is 31.0 Å². The van der Waals surface area contributed by atoms with Crippen molar-refractivity contribution in [2.75, 3.05) is 12.5 Å². The molecule has 2 atom stereocenters. The van der Waals surface area contributed by atoms with Gasteiger partial charge in [-0.3, -0.25) is 10.2 Å². The van der Waals surface area contributed by atoms with Gasteiger partial charge in [-0.15, -0.1) is 0 Å². The number of amidine groups is 1. The summed E-state index contributed by atoms with van der Waals surface area (Å²) in [4.78, 5) is 15.4. The number of carbonyl (C=O) groups is 1. The number of hydrogen-bond acceptors (Lipinski definition) is 8. The lowest BCUT2D eigenvalue weighted by Crippen LogP contribution is -2.43. The first-order valence-electron chi connectivity index (χ1n) is 9.30. The van der Waals surface area contributed by atoms with E-state index in [0.29, 0.717) is 11.4 Å². The summed E-state index contributed by atoms with van der Waals surface area (Å²) in [6.07, 6.45) is 8.53. The van der Waals surface area contributed by atoms with Crippen LogP contribution in [0.4, 0.5) is 11.4 Å². The lowest BCUT2D eigenvalue weighted by atomic mass is 9.92. The van der Waals surface area contributed by atoms with Gasteiger partial charge in [0.05, 0.1) is 23.2 Å². The molecule has 1 aromatic rings. The van der Waals surface area contributed by atoms with Crippen LogP contribution in [0.3, 0.4) is 0 Å². The van der Waals surface area contributed by atoms with E-state index >= 15 is 0 Å². The van der Waals surface area contributed by atoms with Crippen LogP contribution in [0.2, 0.25) is 0 Å². The van der Waals surface area contributed by atoms with E-state index in [-0.39, 0.29) is 23.5 Å². The largest absolute Gasteiger partial charge is 0.393 e. The number of hydrazone groups is 1. The van der Waals surface area contributed by atoms with Gasteiger partial charge in [0, 0.05) is 31.5 Å². The summed E-state index contributed by atoms with van der Waals surface area (Å²) in [6.45, 7) is 0. The van der Waals surface area contributed by atoms with Crippen molar-refractivity contribution in [1.82, 2.24) is 5.32 Å². The molecule has 0 radical (unpaired) electrons. The van der Waals surface area contributed by atoms with Crippen LogP contribution in [0.15, 0.2) is 46.1 Å². The third kappa shape index (κ3) is 9.00. The van der Waals surface area contributed by atoms with E-state index in [2.05, 4.69) is 20.8 Å². The Balaban J connectivity index is 0.000000436. The standard InChI is InChI=1S/C13H17N7O.C6H14N2/c1-17-8-11(13(16)21)12(15)19-9-3-2-4-10(7-9)20-18-6-5-14;7-5-3-1-2-4-6(5)8/h2-8,14,17,20H,1H3,(H2,15,19)(H2,16,21);5-6H,1-4,7-8H2/b11-8+,14-5?,18-6-;. The number of benzene rings is 1. The van der Waals surface area contributed by atoms with Crippen molar-refractivity contribution in [3.63, 3.8) is 0 Å². The average molecular weight is 402 g/mol. The van der Waals surface area contributed by atoms with Crippen molar-refractivity contribution in [2.24, 2.45) is 33.0 Å². The van der Waals surface area contributed by atoms with Gasteiger partial charge in [0.1, 0.15) is 5.84 Å². The first kappa shape index (κ1) is 23.8. The lowest BCUT2D eigenvalue weighted by Gasteiger charge is -2.24. The van der Waals surface area contributed by atoms with Crippen molar-refractivity contribution in [2.45, 2.75) is 37.8 Å². The van der Waals surface area contributed by atoms with Crippen LogP contribution < -0.4 is 33.7 Å². The summed E-state index contributed by atoms with van der Waals surface area (Å²) in [6, 6.07) is 7.49. The smallest absolute Gasteiger partial charge is 0.253 e. The minimum atomic E-state index is -0.671. The highest BCUT2D eigenvalue weighted by atomic mass is 16.1. The van der Waals surface area contributed by atoms with Gasteiger partial charge in [0.15, 0.2) is 0 Å². The highest BCUT2D eigenvalue weighted by molar-refractivity contribution is 6.20. The predicted octanol–water partition coefficient (Wildman–Crippen LogP) is 0.526. The summed E-state index contributed by atoms with van der Waals surface area (Å²) < 4.78 is 0. The number of anilines is 1. The molecule has 0 spiro atoms. The molecule has 1 aliphatic carbocycles. The average Bonchev–Trinajstić information content (AvgIpc) is 2.69. The number of carbonyl (C=O) groups excluding carboxylic acids is 1. The van der Waals surface area contributed by atoms with Gasteiger partial charge in [0.25, 0.3) is 5.91 Å². The second-order valence-electron chi connectivity index (χ2n) is 6.43. The molecule has 1 saturated carbocycles. The number of rotatable bonds is 7. The number of nitrogens with two attached hydrogens (primary N) is 4. The summed E-state index contributed by atoms with van der Waals surface area (Å²) in [5.41, 5.74) is 26.3. The van der Waals surface area contributed by atoms with E-state index in [4.69, 9.17) is 28.3 Å². The Labute approximate surface area is 171 Å². The van der Waals surface area contributed by atoms with Gasteiger partial charge in [-0.25, -0.2) is 4.99 Å². The van der Waals surface area contributed by atoms with Gasteiger partial charge in [-0.1, -0.05) is 18.9 Å². The number of amides is 1. The first-order chi connectivity index (χ1) is 13.9. The summed E-state index contributed by atoms with van der Waals surface area (Å²) in [7, 11) is 1.63. The fraction of sp³-hybridized carbons (Fsp3) is 0.368. The molecule has 1 amide bonds. The van der Waals surface area contributed by atoms with E-state index in [1.54, 1.807) is 31.3 Å². The fourth-order valence-electron chi connectivity index (χ4n) is 2.60. The van der Waals surface area contributed by atoms with Crippen LogP contribution in [-0.2, 0) is 4.79 Å². The van der Waals surface area contributed by atoms with E-state index in [1.807, 2.05) is 0 Å². The molecule has 1 aromatic carbocycles. The van der Waals surface area contributed by atoms with Crippen LogP contribution in [0.1, 0.15) is 25.7 Å². The van der Waals surface area contributed by atoms with E-state index in [1.165, 1.54) is 25.3 Å². The molecule has 1 fully saturated rings. The Morgan fingerprint density at radius 2 is 1.86 bits per heavy atom. The Bertz CT molecular complexity index is 748. The molecule has 2 rings (SSSR count). The normalized spacial score (nSPS) is 19.8. The van der Waals surface area contributed by atoms with Gasteiger partial charge >= 0.3 is 0 Å². The van der Waals surface area contributed by atoms with Crippen molar-refractivity contribution in [3.05, 3.63) is 36.0 Å². The van der Waals surface area contributed by atoms with Gasteiger partial charge in [-0.2, -0.15) is 5.10 Å². The summed E-state index contributed by atoms with van der Waals surface area (Å²) >= 11 is 0. The number of nitrogens with one attached hydrogen (secondary N) is 3. The maximum atomic E-state index is 11.3. The summed E-state index contributed by atoms with van der Waals surface area (Å²) in [5.74, 6) is -0.660. The molecule has 0 saturated heterocycles. The molecule has 11 N–H and O–H groups in total. The molecule has 10 heteroatoms. The van der Waals surface area contributed by atoms with Crippen molar-refractivity contribution in [1.29, 1.82) is 5.41 Å². The second kappa shape index (κ2) is 13.0. The monoisotopic (exact) mass is 401 g/mol. The molecular weight excluding hydrogens is 370 g/mol. The molecule has 0 bridgehead atoms. The fourth-order valence-corrected chi connectivity index (χ4v) is 2.60. The Hall–Kier alpha value is -3.24. The molecule has 1 aliphatic rings. The zero-order valence-electron chi connectivity index (χ0n) is 16.6. The molecular formula is C19H31N9O. The minimum Gasteiger partial charge on any atom is -0.393 e. The molecule has 2 unspecified atom stereocenters. The third-order valence-electron chi connectivity index (χ3n) is 4.14. The minimum absolute atomic E-state index is 0.0111. The number of primary amides is 1. The van der Waals surface area contributed by atoms with Crippen LogP contribution in [0.5, 0.6) is 0 Å². The topological polar surface area (TPSA) is 194 Å². The third-order valence-corrected chi connectivity index (χ3v) is 4.14. The van der Waals surface area contributed by atoms with Crippen LogP contribution in [0.25, 0.3) is 0 Å². The number of hydrogen-bond donors (Lipinski definition) is 7. The molecule has 29 heavy (non-hydrogen) atoms. The maximum Gasteiger partial charge on any atom is 0.253 e. The van der Waals surface area contributed by atoms with Gasteiger partial charge < -0.3 is 33.7 Å². The van der Waals surface area contributed by atoms with Gasteiger partial charge in [0.2, 0.25) is 0 Å². The molecule has 10 nitrogen and oxygen atoms in total. The van der Waals surface area contributed by atoms with E-state index < -0.39 is 5.91 Å². The van der Waals surface area contributed by atoms with E-state index in [0.717, 1.165) is 19.1 Å². The van der Waals surface area contributed by atoms with Crippen LogP contribution >= 0.6 is 0 Å². The zero-order valence-corrected chi connectivity index (χ0v) is 16.6. The molecule has 0 aromatic heterocycles. The molecule has 158 valence electrons. The number of aliphatic imine (C=N–C) groups is 1.